The number of carbonyl (C=O) groups is 1. The molecule has 0 radical (unpaired) electrons. The maximum atomic E-state index is 12.4. The summed E-state index contributed by atoms with van der Waals surface area (Å²) in [4.78, 5) is 24.8. The largest absolute Gasteiger partial charge is 0.328 e. The minimum Gasteiger partial charge on any atom is -0.295 e. The zero-order chi connectivity index (χ0) is 14.4. The summed E-state index contributed by atoms with van der Waals surface area (Å²) in [7, 11) is 3.40. The van der Waals surface area contributed by atoms with Crippen LogP contribution >= 0.6 is 22.9 Å². The minimum absolute atomic E-state index is 0.112. The number of nitrogens with zero attached hydrogens (tertiary/aromatic N) is 2. The Labute approximate surface area is 123 Å². The Bertz CT molecular complexity index is 888. The molecule has 0 fully saturated rings. The molecule has 0 bridgehead atoms. The van der Waals surface area contributed by atoms with E-state index in [1.807, 2.05) is 0 Å². The molecule has 0 atom stereocenters. The van der Waals surface area contributed by atoms with Gasteiger partial charge in [-0.05, 0) is 29.6 Å². The van der Waals surface area contributed by atoms with Crippen LogP contribution in [0.25, 0.3) is 11.0 Å². The molecule has 6 heteroatoms. The molecule has 20 heavy (non-hydrogen) atoms. The highest BCUT2D eigenvalue weighted by Gasteiger charge is 2.16. The number of aromatic nitrogens is 2. The van der Waals surface area contributed by atoms with Crippen molar-refractivity contribution in [3.8, 4) is 0 Å². The van der Waals surface area contributed by atoms with Gasteiger partial charge in [-0.2, -0.15) is 0 Å². The fourth-order valence-electron chi connectivity index (χ4n) is 2.23. The van der Waals surface area contributed by atoms with Crippen molar-refractivity contribution in [1.82, 2.24) is 9.13 Å². The molecule has 0 N–H and O–H groups in total. The molecule has 0 amide bonds. The molecular weight excluding hydrogens is 296 g/mol. The summed E-state index contributed by atoms with van der Waals surface area (Å²) in [6.45, 7) is 0. The molecule has 2 heterocycles. The summed E-state index contributed by atoms with van der Waals surface area (Å²) in [6.07, 6.45) is 0. The highest BCUT2D eigenvalue weighted by molar-refractivity contribution is 7.13. The first kappa shape index (κ1) is 13.1. The number of hydrogen-bond donors (Lipinski definition) is 0. The Balaban J connectivity index is 2.19. The molecule has 2 aromatic heterocycles. The summed E-state index contributed by atoms with van der Waals surface area (Å²) >= 11 is 7.31. The molecular formula is C14H11ClN2O2S. The number of thiophene rings is 1. The Kier molecular flexibility index (Phi) is 3.03. The van der Waals surface area contributed by atoms with Crippen molar-refractivity contribution in [2.24, 2.45) is 14.1 Å². The van der Waals surface area contributed by atoms with Gasteiger partial charge in [0.15, 0.2) is 0 Å². The fourth-order valence-corrected chi connectivity index (χ4v) is 3.34. The van der Waals surface area contributed by atoms with Gasteiger partial charge >= 0.3 is 5.69 Å². The maximum Gasteiger partial charge on any atom is 0.328 e. The number of ketones is 1. The summed E-state index contributed by atoms with van der Waals surface area (Å²) in [5.41, 5.74) is 1.95. The third-order valence-electron chi connectivity index (χ3n) is 3.36. The topological polar surface area (TPSA) is 44.0 Å². The van der Waals surface area contributed by atoms with Gasteiger partial charge in [0.2, 0.25) is 5.78 Å². The first-order valence-electron chi connectivity index (χ1n) is 5.94. The van der Waals surface area contributed by atoms with E-state index in [2.05, 4.69) is 0 Å². The smallest absolute Gasteiger partial charge is 0.295 e. The third kappa shape index (κ3) is 1.82. The predicted molar refractivity (Wildman–Crippen MR) is 80.9 cm³/mol. The Morgan fingerprint density at radius 2 is 1.85 bits per heavy atom. The van der Waals surface area contributed by atoms with E-state index in [1.165, 1.54) is 15.9 Å². The molecule has 0 spiro atoms. The van der Waals surface area contributed by atoms with Crippen LogP contribution in [0.2, 0.25) is 5.02 Å². The molecule has 1 aromatic carbocycles. The van der Waals surface area contributed by atoms with Crippen LogP contribution in [-0.2, 0) is 14.1 Å². The number of halogens is 1. The van der Waals surface area contributed by atoms with Crippen LogP contribution in [0.5, 0.6) is 0 Å². The van der Waals surface area contributed by atoms with Crippen molar-refractivity contribution < 1.29 is 4.79 Å². The van der Waals surface area contributed by atoms with Crippen LogP contribution in [0, 0.1) is 0 Å². The Morgan fingerprint density at radius 3 is 2.50 bits per heavy atom. The van der Waals surface area contributed by atoms with Crippen LogP contribution in [0.3, 0.4) is 0 Å². The number of rotatable bonds is 2. The number of imidazole rings is 1. The van der Waals surface area contributed by atoms with Crippen molar-refractivity contribution in [1.29, 1.82) is 0 Å². The van der Waals surface area contributed by atoms with E-state index in [-0.39, 0.29) is 11.5 Å². The lowest BCUT2D eigenvalue weighted by Gasteiger charge is -2.01. The van der Waals surface area contributed by atoms with Gasteiger partial charge in [0.25, 0.3) is 0 Å². The van der Waals surface area contributed by atoms with Crippen molar-refractivity contribution in [3.05, 3.63) is 55.6 Å². The lowest BCUT2D eigenvalue weighted by Crippen LogP contribution is -2.19. The van der Waals surface area contributed by atoms with Crippen molar-refractivity contribution in [2.45, 2.75) is 0 Å². The highest BCUT2D eigenvalue weighted by atomic mass is 35.5. The Morgan fingerprint density at radius 1 is 1.15 bits per heavy atom. The number of carbonyl (C=O) groups excluding carboxylic acids is 1. The van der Waals surface area contributed by atoms with Crippen LogP contribution in [0.1, 0.15) is 15.2 Å². The monoisotopic (exact) mass is 306 g/mol. The first-order chi connectivity index (χ1) is 9.50. The third-order valence-corrected chi connectivity index (χ3v) is 4.70. The van der Waals surface area contributed by atoms with Gasteiger partial charge in [-0.25, -0.2) is 4.79 Å². The van der Waals surface area contributed by atoms with Crippen molar-refractivity contribution in [2.75, 3.05) is 0 Å². The molecule has 0 aliphatic heterocycles. The van der Waals surface area contributed by atoms with E-state index >= 15 is 0 Å². The standard InChI is InChI=1S/C14H11ClN2O2S/c1-16-10-4-3-8(7-11(10)17(2)14(16)19)12(18)13-9(15)5-6-20-13/h3-7H,1-2H3. The van der Waals surface area contributed by atoms with Crippen LogP contribution < -0.4 is 5.69 Å². The van der Waals surface area contributed by atoms with Gasteiger partial charge in [0.05, 0.1) is 20.9 Å². The van der Waals surface area contributed by atoms with E-state index in [0.29, 0.717) is 15.5 Å². The molecule has 0 saturated heterocycles. The van der Waals surface area contributed by atoms with E-state index in [0.717, 1.165) is 11.0 Å². The fraction of sp³-hybridized carbons (Fsp3) is 0.143. The van der Waals surface area contributed by atoms with Crippen LogP contribution in [0.4, 0.5) is 0 Å². The van der Waals surface area contributed by atoms with Crippen LogP contribution in [0.15, 0.2) is 34.4 Å². The molecule has 102 valence electrons. The van der Waals surface area contributed by atoms with E-state index in [1.54, 1.807) is 48.3 Å². The summed E-state index contributed by atoms with van der Waals surface area (Å²) in [6, 6.07) is 6.94. The normalized spacial score (nSPS) is 11.2. The van der Waals surface area contributed by atoms with Gasteiger partial charge in [0, 0.05) is 19.7 Å². The predicted octanol–water partition coefficient (Wildman–Crippen LogP) is 2.82. The molecule has 4 nitrogen and oxygen atoms in total. The number of aryl methyl sites for hydroxylation is 2. The molecule has 0 aliphatic carbocycles. The molecule has 3 rings (SSSR count). The zero-order valence-corrected chi connectivity index (χ0v) is 12.5. The second-order valence-corrected chi connectivity index (χ2v) is 5.85. The van der Waals surface area contributed by atoms with Gasteiger partial charge in [0.1, 0.15) is 0 Å². The Hall–Kier alpha value is -1.85. The quantitative estimate of drug-likeness (QED) is 0.683. The molecule has 3 aromatic rings. The van der Waals surface area contributed by atoms with Gasteiger partial charge in [-0.15, -0.1) is 11.3 Å². The maximum absolute atomic E-state index is 12.4. The average Bonchev–Trinajstić information content (AvgIpc) is 2.97. The average molecular weight is 307 g/mol. The van der Waals surface area contributed by atoms with Gasteiger partial charge < -0.3 is 0 Å². The lowest BCUT2D eigenvalue weighted by molar-refractivity contribution is 0.104. The van der Waals surface area contributed by atoms with E-state index in [4.69, 9.17) is 11.6 Å². The molecule has 0 saturated carbocycles. The molecule has 0 unspecified atom stereocenters. The minimum atomic E-state index is -0.122. The van der Waals surface area contributed by atoms with Crippen molar-refractivity contribution >= 4 is 39.8 Å². The lowest BCUT2D eigenvalue weighted by atomic mass is 10.1. The second-order valence-electron chi connectivity index (χ2n) is 4.53. The summed E-state index contributed by atoms with van der Waals surface area (Å²) < 4.78 is 3.09. The van der Waals surface area contributed by atoms with Gasteiger partial charge in [-0.3, -0.25) is 13.9 Å². The van der Waals surface area contributed by atoms with Crippen LogP contribution in [-0.4, -0.2) is 14.9 Å². The van der Waals surface area contributed by atoms with E-state index in [9.17, 15) is 9.59 Å². The van der Waals surface area contributed by atoms with E-state index < -0.39 is 0 Å². The SMILES string of the molecule is Cn1c(=O)n(C)c2cc(C(=O)c3sccc3Cl)ccc21. The number of hydrogen-bond acceptors (Lipinski definition) is 3. The van der Waals surface area contributed by atoms with Crippen molar-refractivity contribution in [3.63, 3.8) is 0 Å². The highest BCUT2D eigenvalue weighted by Crippen LogP contribution is 2.26. The zero-order valence-electron chi connectivity index (χ0n) is 10.9. The number of fused-ring (bicyclic) bond motifs is 1. The summed E-state index contributed by atoms with van der Waals surface area (Å²) in [5, 5.41) is 2.24. The number of benzene rings is 1. The summed E-state index contributed by atoms with van der Waals surface area (Å²) in [5.74, 6) is -0.122. The first-order valence-corrected chi connectivity index (χ1v) is 7.19. The van der Waals surface area contributed by atoms with Gasteiger partial charge in [-0.1, -0.05) is 11.6 Å². The molecule has 0 aliphatic rings. The second kappa shape index (κ2) is 4.61.